The molecule has 1 fully saturated rings. The molecule has 5 atom stereocenters. The number of aromatic nitrogens is 4. The molecular weight excluding hydrogens is 505 g/mol. The van der Waals surface area contributed by atoms with Crippen molar-refractivity contribution in [2.24, 2.45) is 5.92 Å². The standard InChI is InChI=1S/C22H30N7O5PS/c1-13-10-16(33-20(13)29-12-25-17-18(24-3)26-22(23)27-19(17)29)11-32-35(36,28-14(2)21(30)31-4)34-15-8-6-5-7-9-15/h5-9,12-14,16,20H,10-11H2,1-4H3,(H,28,36)(H3,23,24,26,27)/t13-,14+,16-,20+,35-/m0/s1. The number of esters is 1. The van der Waals surface area contributed by atoms with Gasteiger partial charge >= 0.3 is 12.6 Å². The number of rotatable bonds is 10. The fraction of sp³-hybridized carbons (Fsp3) is 0.455. The molecule has 3 aromatic rings. The molecule has 2 aromatic heterocycles. The van der Waals surface area contributed by atoms with Crippen LogP contribution in [0, 0.1) is 5.92 Å². The molecule has 4 rings (SSSR count). The molecule has 0 amide bonds. The smallest absolute Gasteiger partial charge is 0.323 e. The number of carbonyl (C=O) groups excluding carboxylic acids is 1. The zero-order valence-corrected chi connectivity index (χ0v) is 22.2. The molecule has 1 saturated heterocycles. The number of imidazole rings is 1. The molecule has 4 N–H and O–H groups in total. The number of nitrogens with one attached hydrogen (secondary N) is 2. The molecule has 1 aliphatic heterocycles. The Morgan fingerprint density at radius 3 is 2.81 bits per heavy atom. The predicted octanol–water partition coefficient (Wildman–Crippen LogP) is 2.85. The van der Waals surface area contributed by atoms with E-state index in [1.54, 1.807) is 32.4 Å². The van der Waals surface area contributed by atoms with Gasteiger partial charge in [-0.2, -0.15) is 9.97 Å². The Balaban J connectivity index is 1.49. The van der Waals surface area contributed by atoms with Crippen molar-refractivity contribution in [1.82, 2.24) is 24.6 Å². The van der Waals surface area contributed by atoms with Crippen LogP contribution in [-0.2, 0) is 30.6 Å². The van der Waals surface area contributed by atoms with Crippen molar-refractivity contribution in [2.45, 2.75) is 38.6 Å². The maximum atomic E-state index is 12.0. The lowest BCUT2D eigenvalue weighted by molar-refractivity contribution is -0.142. The zero-order chi connectivity index (χ0) is 25.9. The number of ether oxygens (including phenoxy) is 2. The summed E-state index contributed by atoms with van der Waals surface area (Å²) in [5, 5.41) is 6.00. The molecule has 14 heteroatoms. The Morgan fingerprint density at radius 1 is 1.36 bits per heavy atom. The van der Waals surface area contributed by atoms with Gasteiger partial charge in [0.25, 0.3) is 0 Å². The molecule has 194 valence electrons. The molecule has 0 aliphatic carbocycles. The van der Waals surface area contributed by atoms with Gasteiger partial charge in [0.05, 0.1) is 26.1 Å². The minimum atomic E-state index is -3.13. The fourth-order valence-electron chi connectivity index (χ4n) is 4.02. The van der Waals surface area contributed by atoms with E-state index in [1.807, 2.05) is 22.8 Å². The third-order valence-electron chi connectivity index (χ3n) is 5.71. The summed E-state index contributed by atoms with van der Waals surface area (Å²) in [5.74, 6) is 0.881. The number of hydrogen-bond donors (Lipinski definition) is 3. The highest BCUT2D eigenvalue weighted by Gasteiger charge is 2.37. The van der Waals surface area contributed by atoms with Crippen molar-refractivity contribution in [1.29, 1.82) is 0 Å². The highest BCUT2D eigenvalue weighted by molar-refractivity contribution is 8.09. The summed E-state index contributed by atoms with van der Waals surface area (Å²) in [4.78, 5) is 25.0. The second kappa shape index (κ2) is 11.1. The van der Waals surface area contributed by atoms with E-state index in [0.717, 1.165) is 0 Å². The van der Waals surface area contributed by atoms with Crippen LogP contribution in [0.3, 0.4) is 0 Å². The van der Waals surface area contributed by atoms with Crippen LogP contribution in [0.2, 0.25) is 0 Å². The number of anilines is 2. The summed E-state index contributed by atoms with van der Waals surface area (Å²) in [5.41, 5.74) is 7.08. The first-order valence-corrected chi connectivity index (χ1v) is 14.0. The third kappa shape index (κ3) is 5.76. The first-order chi connectivity index (χ1) is 17.2. The summed E-state index contributed by atoms with van der Waals surface area (Å²) in [7, 11) is 3.06. The lowest BCUT2D eigenvalue weighted by Gasteiger charge is -2.27. The Morgan fingerprint density at radius 2 is 2.11 bits per heavy atom. The molecule has 0 spiro atoms. The van der Waals surface area contributed by atoms with Crippen molar-refractivity contribution in [3.05, 3.63) is 36.7 Å². The second-order valence-electron chi connectivity index (χ2n) is 8.44. The van der Waals surface area contributed by atoms with Crippen LogP contribution in [0.5, 0.6) is 5.75 Å². The van der Waals surface area contributed by atoms with Crippen LogP contribution >= 0.6 is 6.64 Å². The predicted molar refractivity (Wildman–Crippen MR) is 139 cm³/mol. The van der Waals surface area contributed by atoms with Gasteiger partial charge in [-0.1, -0.05) is 25.1 Å². The van der Waals surface area contributed by atoms with Crippen molar-refractivity contribution in [3.8, 4) is 5.75 Å². The maximum Gasteiger partial charge on any atom is 0.323 e. The van der Waals surface area contributed by atoms with Gasteiger partial charge in [0, 0.05) is 13.0 Å². The van der Waals surface area contributed by atoms with E-state index >= 15 is 0 Å². The maximum absolute atomic E-state index is 12.0. The van der Waals surface area contributed by atoms with Gasteiger partial charge in [-0.05, 0) is 37.3 Å². The quantitative estimate of drug-likeness (QED) is 0.259. The minimum Gasteiger partial charge on any atom is -0.468 e. The van der Waals surface area contributed by atoms with Crippen LogP contribution in [0.25, 0.3) is 11.2 Å². The number of fused-ring (bicyclic) bond motifs is 1. The lowest BCUT2D eigenvalue weighted by Crippen LogP contribution is -2.35. The van der Waals surface area contributed by atoms with Gasteiger partial charge in [-0.3, -0.25) is 9.36 Å². The Bertz CT molecular complexity index is 1260. The van der Waals surface area contributed by atoms with Crippen molar-refractivity contribution in [2.75, 3.05) is 31.8 Å². The summed E-state index contributed by atoms with van der Waals surface area (Å²) in [6.45, 7) is 0.751. The summed E-state index contributed by atoms with van der Waals surface area (Å²) < 4.78 is 25.1. The molecule has 0 saturated carbocycles. The highest BCUT2D eigenvalue weighted by atomic mass is 32.5. The number of carbonyl (C=O) groups is 1. The number of nitrogens with two attached hydrogens (primary N) is 1. The Labute approximate surface area is 214 Å². The molecule has 3 heterocycles. The molecule has 12 nitrogen and oxygen atoms in total. The summed E-state index contributed by atoms with van der Waals surface area (Å²) in [6, 6.07) is 8.36. The van der Waals surface area contributed by atoms with Gasteiger partial charge in [-0.25, -0.2) is 10.1 Å². The first-order valence-electron chi connectivity index (χ1n) is 11.4. The topological polar surface area (TPSA) is 148 Å². The van der Waals surface area contributed by atoms with E-state index in [1.165, 1.54) is 7.11 Å². The van der Waals surface area contributed by atoms with Crippen LogP contribution in [0.15, 0.2) is 36.7 Å². The number of benzene rings is 1. The summed E-state index contributed by atoms with van der Waals surface area (Å²) >= 11 is 5.74. The monoisotopic (exact) mass is 535 g/mol. The van der Waals surface area contributed by atoms with Crippen molar-refractivity contribution >= 4 is 47.3 Å². The molecule has 0 unspecified atom stereocenters. The van der Waals surface area contributed by atoms with Crippen LogP contribution in [-0.4, -0.2) is 58.4 Å². The van der Waals surface area contributed by atoms with E-state index in [9.17, 15) is 4.79 Å². The molecule has 1 aromatic carbocycles. The molecular formula is C22H30N7O5PS. The number of methoxy groups -OCH3 is 1. The van der Waals surface area contributed by atoms with Gasteiger partial charge in [0.2, 0.25) is 5.95 Å². The minimum absolute atomic E-state index is 0.125. The number of nitrogens with zero attached hydrogens (tertiary/aromatic N) is 4. The highest BCUT2D eigenvalue weighted by Crippen LogP contribution is 2.47. The SMILES string of the molecule is CNc1nc(N)nc2c1ncn2[C@@H]1O[C@H](CO[P@@](=S)(N[C@H](C)C(=O)OC)Oc2ccccc2)C[C@@H]1C. The first kappa shape index (κ1) is 26.2. The van der Waals surface area contributed by atoms with Crippen molar-refractivity contribution < 1.29 is 23.3 Å². The Kier molecular flexibility index (Phi) is 8.06. The summed E-state index contributed by atoms with van der Waals surface area (Å²) in [6.07, 6.45) is 1.77. The fourth-order valence-corrected chi connectivity index (χ4v) is 6.45. The number of hydrogen-bond acceptors (Lipinski definition) is 11. The van der Waals surface area contributed by atoms with Crippen LogP contribution < -0.4 is 20.7 Å². The lowest BCUT2D eigenvalue weighted by atomic mass is 10.1. The molecule has 0 radical (unpaired) electrons. The van der Waals surface area contributed by atoms with E-state index in [-0.39, 0.29) is 30.8 Å². The largest absolute Gasteiger partial charge is 0.468 e. The molecule has 0 bridgehead atoms. The van der Waals surface area contributed by atoms with Gasteiger partial charge in [-0.15, -0.1) is 0 Å². The number of para-hydroxylation sites is 1. The van der Waals surface area contributed by atoms with Crippen molar-refractivity contribution in [3.63, 3.8) is 0 Å². The van der Waals surface area contributed by atoms with Crippen LogP contribution in [0.4, 0.5) is 11.8 Å². The normalized spacial score (nSPS) is 22.2. The van der Waals surface area contributed by atoms with E-state index in [4.69, 9.17) is 36.1 Å². The van der Waals surface area contributed by atoms with Gasteiger partial charge in [0.1, 0.15) is 18.0 Å². The van der Waals surface area contributed by atoms with Crippen LogP contribution in [0.1, 0.15) is 26.5 Å². The van der Waals surface area contributed by atoms with E-state index < -0.39 is 18.7 Å². The molecule has 1 aliphatic rings. The van der Waals surface area contributed by atoms with E-state index in [0.29, 0.717) is 29.2 Å². The zero-order valence-electron chi connectivity index (χ0n) is 20.5. The van der Waals surface area contributed by atoms with Gasteiger partial charge in [0.15, 0.2) is 17.0 Å². The average molecular weight is 536 g/mol. The van der Waals surface area contributed by atoms with E-state index in [2.05, 4.69) is 32.3 Å². The Hall–Kier alpha value is -2.83. The molecule has 36 heavy (non-hydrogen) atoms. The second-order valence-corrected chi connectivity index (χ2v) is 11.6. The third-order valence-corrected chi connectivity index (χ3v) is 8.21. The van der Waals surface area contributed by atoms with Gasteiger partial charge < -0.3 is 29.6 Å². The average Bonchev–Trinajstić information content (AvgIpc) is 3.44. The number of nitrogen functional groups attached to an aromatic ring is 1.